The van der Waals surface area contributed by atoms with E-state index in [1.165, 1.54) is 17.9 Å². The number of amides is 1. The fourth-order valence-electron chi connectivity index (χ4n) is 4.76. The van der Waals surface area contributed by atoms with Crippen LogP contribution in [0.2, 0.25) is 0 Å². The van der Waals surface area contributed by atoms with E-state index in [1.54, 1.807) is 24.3 Å². The van der Waals surface area contributed by atoms with Gasteiger partial charge in [0, 0.05) is 35.3 Å². The van der Waals surface area contributed by atoms with Crippen molar-refractivity contribution in [1.29, 1.82) is 0 Å². The van der Waals surface area contributed by atoms with E-state index in [1.807, 2.05) is 91.9 Å². The molecule has 0 unspecified atom stereocenters. The molecule has 5 nitrogen and oxygen atoms in total. The van der Waals surface area contributed by atoms with Crippen LogP contribution < -0.4 is 4.90 Å². The highest BCUT2D eigenvalue weighted by molar-refractivity contribution is 6.14. The summed E-state index contributed by atoms with van der Waals surface area (Å²) in [5.74, 6) is -1.59. The maximum absolute atomic E-state index is 13.9. The molecule has 1 heterocycles. The highest BCUT2D eigenvalue weighted by atomic mass is 16.6. The Kier molecular flexibility index (Phi) is 6.28. The van der Waals surface area contributed by atoms with Gasteiger partial charge in [-0.25, -0.2) is 4.79 Å². The minimum atomic E-state index is -1.35. The summed E-state index contributed by atoms with van der Waals surface area (Å²) in [6.07, 6.45) is 1.19. The zero-order valence-electron chi connectivity index (χ0n) is 20.5. The van der Waals surface area contributed by atoms with E-state index in [-0.39, 0.29) is 5.70 Å². The number of aryl methyl sites for hydroxylation is 1. The van der Waals surface area contributed by atoms with Gasteiger partial charge in [-0.3, -0.25) is 14.5 Å². The number of carbonyl (C=O) groups is 3. The average molecular weight is 488 g/mol. The Hall–Kier alpha value is -4.77. The Labute approximate surface area is 215 Å². The summed E-state index contributed by atoms with van der Waals surface area (Å²) in [7, 11) is 0. The second-order valence-corrected chi connectivity index (χ2v) is 8.93. The molecule has 0 saturated carbocycles. The van der Waals surface area contributed by atoms with Gasteiger partial charge in [-0.05, 0) is 13.0 Å². The minimum Gasteiger partial charge on any atom is -0.439 e. The first-order valence-electron chi connectivity index (χ1n) is 12.0. The Morgan fingerprint density at radius 1 is 0.757 bits per heavy atom. The summed E-state index contributed by atoms with van der Waals surface area (Å²) < 4.78 is 6.39. The second-order valence-electron chi connectivity index (χ2n) is 8.93. The normalized spacial score (nSPS) is 15.5. The molecule has 5 rings (SSSR count). The number of carbonyl (C=O) groups excluding carboxylic acids is 3. The van der Waals surface area contributed by atoms with Crippen LogP contribution in [0.5, 0.6) is 0 Å². The fourth-order valence-corrected chi connectivity index (χ4v) is 4.76. The third kappa shape index (κ3) is 4.25. The fraction of sp³-hybridized carbons (Fsp3) is 0.0938. The van der Waals surface area contributed by atoms with E-state index in [4.69, 9.17) is 4.74 Å². The summed E-state index contributed by atoms with van der Waals surface area (Å²) in [4.78, 5) is 41.5. The van der Waals surface area contributed by atoms with E-state index >= 15 is 0 Å². The van der Waals surface area contributed by atoms with E-state index in [0.29, 0.717) is 16.8 Å². The van der Waals surface area contributed by atoms with E-state index in [9.17, 15) is 14.4 Å². The maximum atomic E-state index is 13.9. The number of rotatable bonds is 4. The molecule has 1 aliphatic heterocycles. The maximum Gasteiger partial charge on any atom is 0.357 e. The number of hydrogen-bond donors (Lipinski definition) is 0. The molecule has 0 bridgehead atoms. The van der Waals surface area contributed by atoms with Crippen LogP contribution in [0.1, 0.15) is 39.5 Å². The predicted molar refractivity (Wildman–Crippen MR) is 142 cm³/mol. The van der Waals surface area contributed by atoms with Gasteiger partial charge in [0.2, 0.25) is 5.91 Å². The Balaban J connectivity index is 1.79. The van der Waals surface area contributed by atoms with Crippen molar-refractivity contribution < 1.29 is 19.1 Å². The summed E-state index contributed by atoms with van der Waals surface area (Å²) in [6.45, 7) is 3.29. The zero-order valence-corrected chi connectivity index (χ0v) is 20.5. The van der Waals surface area contributed by atoms with Crippen LogP contribution in [0.4, 0.5) is 5.69 Å². The van der Waals surface area contributed by atoms with Crippen molar-refractivity contribution in [3.05, 3.63) is 149 Å². The number of cyclic esters (lactones) is 1. The minimum absolute atomic E-state index is 0.140. The average Bonchev–Trinajstić information content (AvgIpc) is 3.03. The van der Waals surface area contributed by atoms with Gasteiger partial charge in [-0.2, -0.15) is 0 Å². The summed E-state index contributed by atoms with van der Waals surface area (Å²) >= 11 is 0. The standard InChI is InChI=1S/C32H25NO4/c1-22-17-19-24(20-18-22)30(35)21-29-31(36)37-32(25-11-5-3-6-12-25,26-13-7-4-8-14-26)27-15-9-10-16-28(27)33(29)23(2)34/h3-21H,1-2H3/b29-21+. The molecular formula is C32H25NO4. The molecule has 0 radical (unpaired) electrons. The van der Waals surface area contributed by atoms with Gasteiger partial charge in [0.1, 0.15) is 5.70 Å². The summed E-state index contributed by atoms with van der Waals surface area (Å²) in [5, 5.41) is 0. The lowest BCUT2D eigenvalue weighted by atomic mass is 9.79. The molecule has 0 atom stereocenters. The lowest BCUT2D eigenvalue weighted by Gasteiger charge is -2.34. The van der Waals surface area contributed by atoms with Crippen molar-refractivity contribution in [3.63, 3.8) is 0 Å². The topological polar surface area (TPSA) is 63.7 Å². The molecule has 37 heavy (non-hydrogen) atoms. The monoisotopic (exact) mass is 487 g/mol. The first-order valence-corrected chi connectivity index (χ1v) is 12.0. The lowest BCUT2D eigenvalue weighted by molar-refractivity contribution is -0.148. The molecule has 5 heteroatoms. The molecule has 0 N–H and O–H groups in total. The van der Waals surface area contributed by atoms with Crippen LogP contribution >= 0.6 is 0 Å². The number of allylic oxidation sites excluding steroid dienone is 1. The van der Waals surface area contributed by atoms with Gasteiger partial charge in [-0.1, -0.05) is 109 Å². The van der Waals surface area contributed by atoms with Crippen LogP contribution in [0.25, 0.3) is 0 Å². The van der Waals surface area contributed by atoms with Crippen LogP contribution in [-0.2, 0) is 19.9 Å². The SMILES string of the molecule is CC(=O)N1/C(=C/C(=O)c2ccc(C)cc2)C(=O)OC(c2ccccc2)(c2ccccc2)c2ccccc21. The molecule has 4 aromatic carbocycles. The smallest absolute Gasteiger partial charge is 0.357 e. The van der Waals surface area contributed by atoms with Gasteiger partial charge in [-0.15, -0.1) is 0 Å². The number of fused-ring (bicyclic) bond motifs is 1. The molecule has 0 fully saturated rings. The van der Waals surface area contributed by atoms with Crippen molar-refractivity contribution >= 4 is 23.3 Å². The van der Waals surface area contributed by atoms with Gasteiger partial charge in [0.25, 0.3) is 0 Å². The van der Waals surface area contributed by atoms with Crippen LogP contribution in [0.15, 0.2) is 121 Å². The number of anilines is 1. The van der Waals surface area contributed by atoms with E-state index in [2.05, 4.69) is 0 Å². The summed E-state index contributed by atoms with van der Waals surface area (Å²) in [6, 6.07) is 33.1. The molecule has 0 aromatic heterocycles. The molecule has 182 valence electrons. The number of ether oxygens (including phenoxy) is 1. The van der Waals surface area contributed by atoms with Crippen molar-refractivity contribution in [2.45, 2.75) is 19.4 Å². The van der Waals surface area contributed by atoms with Crippen molar-refractivity contribution in [3.8, 4) is 0 Å². The number of ketones is 1. The first kappa shape index (κ1) is 23.9. The second kappa shape index (κ2) is 9.70. The molecule has 4 aromatic rings. The van der Waals surface area contributed by atoms with Gasteiger partial charge in [0.05, 0.1) is 5.69 Å². The number of nitrogens with zero attached hydrogens (tertiary/aromatic N) is 1. The molecule has 1 aliphatic rings. The number of para-hydroxylation sites is 1. The van der Waals surface area contributed by atoms with E-state index in [0.717, 1.165) is 16.7 Å². The predicted octanol–water partition coefficient (Wildman–Crippen LogP) is 5.96. The third-order valence-electron chi connectivity index (χ3n) is 6.50. The number of hydrogen-bond acceptors (Lipinski definition) is 4. The van der Waals surface area contributed by atoms with Gasteiger partial charge in [0.15, 0.2) is 11.4 Å². The highest BCUT2D eigenvalue weighted by Gasteiger charge is 2.47. The zero-order chi connectivity index (χ0) is 26.0. The molecule has 1 amide bonds. The lowest BCUT2D eigenvalue weighted by Crippen LogP contribution is -2.35. The molecule has 0 spiro atoms. The Morgan fingerprint density at radius 2 is 1.30 bits per heavy atom. The largest absolute Gasteiger partial charge is 0.439 e. The van der Waals surface area contributed by atoms with Crippen molar-refractivity contribution in [1.82, 2.24) is 0 Å². The van der Waals surface area contributed by atoms with Crippen LogP contribution in [0.3, 0.4) is 0 Å². The van der Waals surface area contributed by atoms with Crippen LogP contribution in [0, 0.1) is 6.92 Å². The molecule has 0 aliphatic carbocycles. The van der Waals surface area contributed by atoms with Crippen molar-refractivity contribution in [2.75, 3.05) is 4.90 Å². The Morgan fingerprint density at radius 3 is 1.86 bits per heavy atom. The van der Waals surface area contributed by atoms with E-state index < -0.39 is 23.3 Å². The number of esters is 1. The van der Waals surface area contributed by atoms with Crippen LogP contribution in [-0.4, -0.2) is 17.7 Å². The molecular weight excluding hydrogens is 462 g/mol. The molecule has 0 saturated heterocycles. The number of benzene rings is 4. The Bertz CT molecular complexity index is 1470. The third-order valence-corrected chi connectivity index (χ3v) is 6.50. The highest BCUT2D eigenvalue weighted by Crippen LogP contribution is 2.47. The quantitative estimate of drug-likeness (QED) is 0.202. The summed E-state index contributed by atoms with van der Waals surface area (Å²) in [5.41, 5.74) is 2.44. The van der Waals surface area contributed by atoms with Gasteiger partial charge >= 0.3 is 5.97 Å². The van der Waals surface area contributed by atoms with Crippen molar-refractivity contribution in [2.24, 2.45) is 0 Å². The first-order chi connectivity index (χ1) is 17.9. The van der Waals surface area contributed by atoms with Gasteiger partial charge < -0.3 is 4.74 Å².